The van der Waals surface area contributed by atoms with Crippen molar-refractivity contribution in [3.05, 3.63) is 22.8 Å². The van der Waals surface area contributed by atoms with Crippen LogP contribution in [0, 0.1) is 13.8 Å². The van der Waals surface area contributed by atoms with Crippen molar-refractivity contribution in [2.75, 3.05) is 14.2 Å². The molecule has 0 spiro atoms. The van der Waals surface area contributed by atoms with Gasteiger partial charge < -0.3 is 14.6 Å². The summed E-state index contributed by atoms with van der Waals surface area (Å²) in [6.07, 6.45) is 2.52. The molecule has 0 heterocycles. The lowest BCUT2D eigenvalue weighted by molar-refractivity contribution is 0.150. The van der Waals surface area contributed by atoms with Gasteiger partial charge in [-0.3, -0.25) is 0 Å². The number of aliphatic hydroxyl groups is 1. The maximum Gasteiger partial charge on any atom is 0.163 e. The van der Waals surface area contributed by atoms with E-state index in [-0.39, 0.29) is 0 Å². The second kappa shape index (κ2) is 4.22. The highest BCUT2D eigenvalue weighted by Gasteiger charge is 2.41. The Kier molecular flexibility index (Phi) is 3.04. The summed E-state index contributed by atoms with van der Waals surface area (Å²) in [7, 11) is 3.29. The van der Waals surface area contributed by atoms with Gasteiger partial charge in [0.1, 0.15) is 0 Å². The number of aryl methyl sites for hydroxylation is 1. The second-order valence-electron chi connectivity index (χ2n) is 4.93. The van der Waals surface area contributed by atoms with Crippen LogP contribution in [0.4, 0.5) is 0 Å². The topological polar surface area (TPSA) is 38.7 Å². The molecule has 1 aromatic carbocycles. The van der Waals surface area contributed by atoms with Gasteiger partial charge in [0, 0.05) is 6.42 Å². The molecule has 1 saturated carbocycles. The van der Waals surface area contributed by atoms with E-state index < -0.39 is 5.60 Å². The molecule has 1 aliphatic carbocycles. The SMILES string of the molecule is COc1cc(C)c(CC2(O)CC2)c(C)c1OC. The summed E-state index contributed by atoms with van der Waals surface area (Å²) in [5, 5.41) is 10.0. The maximum absolute atomic E-state index is 10.0. The van der Waals surface area contributed by atoms with Crippen molar-refractivity contribution in [1.29, 1.82) is 0 Å². The molecule has 0 radical (unpaired) electrons. The van der Waals surface area contributed by atoms with Crippen LogP contribution >= 0.6 is 0 Å². The highest BCUT2D eigenvalue weighted by Crippen LogP contribution is 2.42. The highest BCUT2D eigenvalue weighted by atomic mass is 16.5. The van der Waals surface area contributed by atoms with Gasteiger partial charge in [-0.05, 0) is 49.4 Å². The molecule has 3 heteroatoms. The monoisotopic (exact) mass is 236 g/mol. The predicted molar refractivity (Wildman–Crippen MR) is 66.9 cm³/mol. The van der Waals surface area contributed by atoms with E-state index in [2.05, 4.69) is 6.92 Å². The van der Waals surface area contributed by atoms with Crippen molar-refractivity contribution in [3.63, 3.8) is 0 Å². The Labute approximate surface area is 102 Å². The molecular weight excluding hydrogens is 216 g/mol. The zero-order valence-corrected chi connectivity index (χ0v) is 11.0. The van der Waals surface area contributed by atoms with Crippen molar-refractivity contribution >= 4 is 0 Å². The van der Waals surface area contributed by atoms with Crippen LogP contribution in [0.2, 0.25) is 0 Å². The Morgan fingerprint density at radius 1 is 1.24 bits per heavy atom. The summed E-state index contributed by atoms with van der Waals surface area (Å²) >= 11 is 0. The Morgan fingerprint density at radius 3 is 2.35 bits per heavy atom. The first-order valence-corrected chi connectivity index (χ1v) is 5.94. The lowest BCUT2D eigenvalue weighted by atomic mass is 9.95. The van der Waals surface area contributed by atoms with E-state index >= 15 is 0 Å². The fraction of sp³-hybridized carbons (Fsp3) is 0.571. The van der Waals surface area contributed by atoms with Crippen LogP contribution in [0.25, 0.3) is 0 Å². The summed E-state index contributed by atoms with van der Waals surface area (Å²) < 4.78 is 10.7. The van der Waals surface area contributed by atoms with Crippen molar-refractivity contribution in [1.82, 2.24) is 0 Å². The van der Waals surface area contributed by atoms with Crippen molar-refractivity contribution in [2.45, 2.75) is 38.7 Å². The number of benzene rings is 1. The number of hydrogen-bond donors (Lipinski definition) is 1. The van der Waals surface area contributed by atoms with Crippen LogP contribution in [0.1, 0.15) is 29.5 Å². The van der Waals surface area contributed by atoms with Crippen molar-refractivity contribution in [3.8, 4) is 11.5 Å². The first-order chi connectivity index (χ1) is 8.00. The molecule has 0 bridgehead atoms. The predicted octanol–water partition coefficient (Wildman–Crippen LogP) is 2.39. The quantitative estimate of drug-likeness (QED) is 0.872. The van der Waals surface area contributed by atoms with Gasteiger partial charge in [0.2, 0.25) is 0 Å². The largest absolute Gasteiger partial charge is 0.493 e. The maximum atomic E-state index is 10.0. The van der Waals surface area contributed by atoms with E-state index in [1.807, 2.05) is 13.0 Å². The van der Waals surface area contributed by atoms with Gasteiger partial charge in [-0.1, -0.05) is 0 Å². The minimum atomic E-state index is -0.477. The lowest BCUT2D eigenvalue weighted by Gasteiger charge is -2.18. The molecule has 0 atom stereocenters. The molecule has 0 amide bonds. The molecule has 2 rings (SSSR count). The van der Waals surface area contributed by atoms with Crippen LogP contribution in [-0.2, 0) is 6.42 Å². The molecule has 0 aliphatic heterocycles. The molecule has 17 heavy (non-hydrogen) atoms. The van der Waals surface area contributed by atoms with Crippen LogP contribution < -0.4 is 9.47 Å². The Balaban J connectivity index is 2.44. The normalized spacial score (nSPS) is 16.8. The highest BCUT2D eigenvalue weighted by molar-refractivity contribution is 5.54. The van der Waals surface area contributed by atoms with Gasteiger partial charge >= 0.3 is 0 Å². The molecule has 1 aliphatic rings. The van der Waals surface area contributed by atoms with E-state index in [1.54, 1.807) is 14.2 Å². The van der Waals surface area contributed by atoms with E-state index in [4.69, 9.17) is 9.47 Å². The minimum Gasteiger partial charge on any atom is -0.493 e. The fourth-order valence-electron chi connectivity index (χ4n) is 2.29. The average molecular weight is 236 g/mol. The van der Waals surface area contributed by atoms with E-state index in [0.717, 1.165) is 35.5 Å². The summed E-state index contributed by atoms with van der Waals surface area (Å²) in [6.45, 7) is 4.07. The van der Waals surface area contributed by atoms with Crippen LogP contribution in [0.3, 0.4) is 0 Å². The van der Waals surface area contributed by atoms with E-state index in [1.165, 1.54) is 5.56 Å². The molecule has 94 valence electrons. The van der Waals surface area contributed by atoms with E-state index in [0.29, 0.717) is 6.42 Å². The van der Waals surface area contributed by atoms with Gasteiger partial charge in [0.05, 0.1) is 19.8 Å². The Hall–Kier alpha value is -1.22. The molecule has 1 N–H and O–H groups in total. The zero-order valence-electron chi connectivity index (χ0n) is 11.0. The molecular formula is C14H20O3. The third-order valence-corrected chi connectivity index (χ3v) is 3.60. The Bertz CT molecular complexity index is 434. The number of methoxy groups -OCH3 is 2. The molecule has 1 aromatic rings. The second-order valence-corrected chi connectivity index (χ2v) is 4.93. The molecule has 1 fully saturated rings. The molecule has 3 nitrogen and oxygen atoms in total. The summed E-state index contributed by atoms with van der Waals surface area (Å²) in [5.74, 6) is 1.53. The first-order valence-electron chi connectivity index (χ1n) is 5.94. The van der Waals surface area contributed by atoms with Crippen molar-refractivity contribution < 1.29 is 14.6 Å². The number of rotatable bonds is 4. The fourth-order valence-corrected chi connectivity index (χ4v) is 2.29. The third kappa shape index (κ3) is 2.25. The van der Waals surface area contributed by atoms with Gasteiger partial charge in [-0.2, -0.15) is 0 Å². The van der Waals surface area contributed by atoms with Crippen molar-refractivity contribution in [2.24, 2.45) is 0 Å². The van der Waals surface area contributed by atoms with Gasteiger partial charge in [-0.25, -0.2) is 0 Å². The molecule has 0 saturated heterocycles. The zero-order chi connectivity index (χ0) is 12.6. The summed E-state index contributed by atoms with van der Waals surface area (Å²) in [6, 6.07) is 1.98. The van der Waals surface area contributed by atoms with Gasteiger partial charge in [0.25, 0.3) is 0 Å². The van der Waals surface area contributed by atoms with Gasteiger partial charge in [-0.15, -0.1) is 0 Å². The smallest absolute Gasteiger partial charge is 0.163 e. The average Bonchev–Trinajstić information content (AvgIpc) is 3.02. The summed E-state index contributed by atoms with van der Waals surface area (Å²) in [4.78, 5) is 0. The van der Waals surface area contributed by atoms with E-state index in [9.17, 15) is 5.11 Å². The van der Waals surface area contributed by atoms with Crippen LogP contribution in [0.15, 0.2) is 6.07 Å². The number of hydrogen-bond acceptors (Lipinski definition) is 3. The van der Waals surface area contributed by atoms with Gasteiger partial charge in [0.15, 0.2) is 11.5 Å². The first kappa shape index (κ1) is 12.2. The lowest BCUT2D eigenvalue weighted by Crippen LogP contribution is -2.13. The van der Waals surface area contributed by atoms with Crippen LogP contribution in [0.5, 0.6) is 11.5 Å². The van der Waals surface area contributed by atoms with Crippen LogP contribution in [-0.4, -0.2) is 24.9 Å². The Morgan fingerprint density at radius 2 is 1.88 bits per heavy atom. The number of ether oxygens (including phenoxy) is 2. The molecule has 0 unspecified atom stereocenters. The minimum absolute atomic E-state index is 0.477. The molecule has 0 aromatic heterocycles. The third-order valence-electron chi connectivity index (χ3n) is 3.60. The summed E-state index contributed by atoms with van der Waals surface area (Å²) in [5.41, 5.74) is 2.93. The standard InChI is InChI=1S/C14H20O3/c1-9-7-12(16-3)13(17-4)10(2)11(9)8-14(15)5-6-14/h7,15H,5-6,8H2,1-4H3.